The van der Waals surface area contributed by atoms with E-state index < -0.39 is 10.8 Å². The molecule has 13 heteroatoms. The van der Waals surface area contributed by atoms with E-state index in [1.54, 1.807) is 31.4 Å². The summed E-state index contributed by atoms with van der Waals surface area (Å²) < 4.78 is 9.22. The quantitative estimate of drug-likeness (QED) is 0.0681. The molecule has 1 aliphatic carbocycles. The summed E-state index contributed by atoms with van der Waals surface area (Å²) in [5.41, 5.74) is 6.85. The lowest BCUT2D eigenvalue weighted by Crippen LogP contribution is -2.47. The van der Waals surface area contributed by atoms with E-state index in [4.69, 9.17) is 16.3 Å². The Morgan fingerprint density at radius 2 is 1.80 bits per heavy atom. The van der Waals surface area contributed by atoms with Crippen LogP contribution in [0.2, 0.25) is 5.02 Å². The number of aromatic nitrogens is 2. The number of aromatic amines is 1. The second kappa shape index (κ2) is 17.6. The van der Waals surface area contributed by atoms with Gasteiger partial charge in [0.1, 0.15) is 22.8 Å². The third kappa shape index (κ3) is 9.62. The fourth-order valence-corrected chi connectivity index (χ4v) is 7.83. The molecule has 0 radical (unpaired) electrons. The van der Waals surface area contributed by atoms with Crippen molar-refractivity contribution in [1.29, 1.82) is 0 Å². The molecular formula is C42H48ClN7O4S. The van der Waals surface area contributed by atoms with E-state index in [2.05, 4.69) is 55.8 Å². The molecule has 5 aromatic rings. The minimum atomic E-state index is -0.454. The van der Waals surface area contributed by atoms with Crippen LogP contribution < -0.4 is 19.7 Å². The summed E-state index contributed by atoms with van der Waals surface area (Å²) in [6.07, 6.45) is 6.77. The number of anilines is 2. The smallest absolute Gasteiger partial charge is 0.293 e. The van der Waals surface area contributed by atoms with E-state index in [0.717, 1.165) is 79.3 Å². The van der Waals surface area contributed by atoms with E-state index in [9.17, 15) is 14.9 Å². The van der Waals surface area contributed by atoms with Gasteiger partial charge in [0.2, 0.25) is 0 Å². The van der Waals surface area contributed by atoms with Crippen molar-refractivity contribution in [2.75, 3.05) is 50.0 Å². The number of nitrogens with zero attached hydrogens (tertiary/aromatic N) is 4. The SMILES string of the molecule is CC.CNc1ccc(SNC(=O)c2ccc(N3CCN(CC4=C(c5ccc(Cl)cc5)CC(C)(C)CC4)CC3)cc2Oc2cnc3[nH]ccc3c2)cc1[N+](=O)[O-]. The van der Waals surface area contributed by atoms with Crippen molar-refractivity contribution in [2.24, 2.45) is 5.41 Å². The molecule has 7 rings (SSSR count). The van der Waals surface area contributed by atoms with Crippen molar-refractivity contribution in [1.82, 2.24) is 19.6 Å². The number of nitro groups is 1. The number of nitro benzene ring substituents is 1. The molecule has 0 spiro atoms. The number of fused-ring (bicyclic) bond motifs is 1. The van der Waals surface area contributed by atoms with Crippen molar-refractivity contribution in [2.45, 2.75) is 51.9 Å². The summed E-state index contributed by atoms with van der Waals surface area (Å²) in [5, 5.41) is 16.0. The lowest BCUT2D eigenvalue weighted by molar-refractivity contribution is -0.384. The Bertz CT molecular complexity index is 2180. The first kappa shape index (κ1) is 39.6. The molecule has 2 aliphatic rings. The number of piperazine rings is 1. The topological polar surface area (TPSA) is 129 Å². The third-order valence-electron chi connectivity index (χ3n) is 10.0. The molecule has 11 nitrogen and oxygen atoms in total. The maximum absolute atomic E-state index is 13.6. The molecule has 1 fully saturated rings. The van der Waals surface area contributed by atoms with Gasteiger partial charge in [-0.3, -0.25) is 24.5 Å². The van der Waals surface area contributed by atoms with Gasteiger partial charge in [0, 0.05) is 79.1 Å². The predicted octanol–water partition coefficient (Wildman–Crippen LogP) is 10.2. The van der Waals surface area contributed by atoms with E-state index in [0.29, 0.717) is 27.6 Å². The van der Waals surface area contributed by atoms with Gasteiger partial charge in [-0.05, 0) is 96.3 Å². The van der Waals surface area contributed by atoms with Crippen LogP contribution in [0.4, 0.5) is 17.1 Å². The van der Waals surface area contributed by atoms with Crippen LogP contribution in [0.15, 0.2) is 95.7 Å². The number of carbonyl (C=O) groups is 1. The molecule has 55 heavy (non-hydrogen) atoms. The number of hydrogen-bond acceptors (Lipinski definition) is 9. The van der Waals surface area contributed by atoms with Gasteiger partial charge < -0.3 is 19.9 Å². The molecular weight excluding hydrogens is 734 g/mol. The minimum absolute atomic E-state index is 0.0747. The van der Waals surface area contributed by atoms with Crippen LogP contribution in [0.5, 0.6) is 11.5 Å². The molecule has 3 N–H and O–H groups in total. The highest BCUT2D eigenvalue weighted by molar-refractivity contribution is 7.98. The van der Waals surface area contributed by atoms with Gasteiger partial charge in [-0.15, -0.1) is 0 Å². The van der Waals surface area contributed by atoms with Gasteiger partial charge in [0.25, 0.3) is 11.6 Å². The summed E-state index contributed by atoms with van der Waals surface area (Å²) in [6, 6.07) is 22.5. The van der Waals surface area contributed by atoms with Gasteiger partial charge in [-0.25, -0.2) is 4.98 Å². The van der Waals surface area contributed by atoms with E-state index >= 15 is 0 Å². The molecule has 1 amide bonds. The number of ether oxygens (including phenoxy) is 1. The van der Waals surface area contributed by atoms with Gasteiger partial charge in [-0.1, -0.05) is 57.0 Å². The van der Waals surface area contributed by atoms with Crippen LogP contribution in [0.3, 0.4) is 0 Å². The molecule has 288 valence electrons. The molecule has 0 atom stereocenters. The fraction of sp³-hybridized carbons (Fsp3) is 0.333. The van der Waals surface area contributed by atoms with Crippen molar-refractivity contribution < 1.29 is 14.5 Å². The molecule has 1 saturated heterocycles. The third-order valence-corrected chi connectivity index (χ3v) is 11.1. The van der Waals surface area contributed by atoms with Crippen LogP contribution in [0.1, 0.15) is 62.9 Å². The number of nitrogens with one attached hydrogen (secondary N) is 3. The molecule has 0 saturated carbocycles. The van der Waals surface area contributed by atoms with Gasteiger partial charge in [0.05, 0.1) is 16.7 Å². The minimum Gasteiger partial charge on any atom is -0.455 e. The lowest BCUT2D eigenvalue weighted by atomic mass is 9.72. The molecule has 0 unspecified atom stereocenters. The Morgan fingerprint density at radius 3 is 2.53 bits per heavy atom. The zero-order chi connectivity index (χ0) is 39.1. The van der Waals surface area contributed by atoms with Gasteiger partial charge in [0.15, 0.2) is 0 Å². The highest BCUT2D eigenvalue weighted by atomic mass is 35.5. The number of rotatable bonds is 11. The van der Waals surface area contributed by atoms with Gasteiger partial charge >= 0.3 is 0 Å². The average Bonchev–Trinajstić information content (AvgIpc) is 3.67. The summed E-state index contributed by atoms with van der Waals surface area (Å²) in [6.45, 7) is 13.1. The average molecular weight is 782 g/mol. The van der Waals surface area contributed by atoms with E-state index in [1.807, 2.05) is 56.4 Å². The zero-order valence-electron chi connectivity index (χ0n) is 31.9. The number of pyridine rings is 1. The largest absolute Gasteiger partial charge is 0.455 e. The number of hydrogen-bond donors (Lipinski definition) is 3. The van der Waals surface area contributed by atoms with Crippen LogP contribution in [0, 0.1) is 15.5 Å². The standard InChI is InChI=1S/C40H42ClN7O4S.C2H6/c1-40(2)14-12-28(34(23-40)26-4-6-29(41)7-5-26)25-46-16-18-47(19-17-46)30-8-10-33(37(21-30)52-31-20-27-13-15-43-38(27)44-24-31)39(49)45-53-32-9-11-35(42-3)36(22-32)48(50)51;1-2/h4-11,13,15,20-22,24,42H,12,14,16-19,23,25H2,1-3H3,(H,43,44)(H,45,49);1-2H3. The van der Waals surface area contributed by atoms with Crippen LogP contribution >= 0.6 is 23.5 Å². The Kier molecular flexibility index (Phi) is 12.7. The first-order valence-corrected chi connectivity index (χ1v) is 19.9. The van der Waals surface area contributed by atoms with Crippen molar-refractivity contribution in [3.05, 3.63) is 117 Å². The van der Waals surface area contributed by atoms with Gasteiger partial charge in [-0.2, -0.15) is 0 Å². The monoisotopic (exact) mass is 781 g/mol. The first-order valence-electron chi connectivity index (χ1n) is 18.7. The highest BCUT2D eigenvalue weighted by Crippen LogP contribution is 2.43. The van der Waals surface area contributed by atoms with Crippen molar-refractivity contribution in [3.8, 4) is 11.5 Å². The van der Waals surface area contributed by atoms with Crippen LogP contribution in [-0.4, -0.2) is 65.5 Å². The van der Waals surface area contributed by atoms with E-state index in [-0.39, 0.29) is 11.1 Å². The maximum Gasteiger partial charge on any atom is 0.293 e. The lowest BCUT2D eigenvalue weighted by Gasteiger charge is -2.39. The van der Waals surface area contributed by atoms with E-state index in [1.165, 1.54) is 29.2 Å². The summed E-state index contributed by atoms with van der Waals surface area (Å²) >= 11 is 7.24. The maximum atomic E-state index is 13.6. The second-order valence-corrected chi connectivity index (χ2v) is 15.6. The Balaban J connectivity index is 0.00000253. The molecule has 0 bridgehead atoms. The molecule has 2 aromatic heterocycles. The molecule has 3 aromatic carbocycles. The number of carbonyl (C=O) groups excluding carboxylic acids is 1. The Morgan fingerprint density at radius 1 is 1.04 bits per heavy atom. The number of allylic oxidation sites excluding steroid dienone is 1. The normalized spacial score (nSPS) is 15.6. The molecule has 1 aliphatic heterocycles. The van der Waals surface area contributed by atoms with Crippen molar-refractivity contribution in [3.63, 3.8) is 0 Å². The Hall–Kier alpha value is -5.04. The first-order chi connectivity index (χ1) is 26.5. The summed E-state index contributed by atoms with van der Waals surface area (Å²) in [7, 11) is 1.62. The number of amides is 1. The highest BCUT2D eigenvalue weighted by Gasteiger charge is 2.29. The van der Waals surface area contributed by atoms with Crippen LogP contribution in [0.25, 0.3) is 16.6 Å². The summed E-state index contributed by atoms with van der Waals surface area (Å²) in [5.74, 6) is 0.496. The zero-order valence-corrected chi connectivity index (χ0v) is 33.5. The number of H-pyrrole nitrogens is 1. The second-order valence-electron chi connectivity index (χ2n) is 14.3. The van der Waals surface area contributed by atoms with Crippen LogP contribution in [-0.2, 0) is 0 Å². The summed E-state index contributed by atoms with van der Waals surface area (Å²) in [4.78, 5) is 37.7. The number of halogens is 1. The predicted molar refractivity (Wildman–Crippen MR) is 225 cm³/mol. The fourth-order valence-electron chi connectivity index (χ4n) is 7.08. The Labute approximate surface area is 331 Å². The number of benzene rings is 3. The molecule has 3 heterocycles. The van der Waals surface area contributed by atoms with Crippen molar-refractivity contribution >= 4 is 63.1 Å².